The van der Waals surface area contributed by atoms with Crippen LogP contribution in [0, 0.1) is 0 Å². The number of aryl methyl sites for hydroxylation is 1. The lowest BCUT2D eigenvalue weighted by Crippen LogP contribution is -2.33. The molecular weight excluding hydrogens is 323 g/mol. The quantitative estimate of drug-likeness (QED) is 0.838. The van der Waals surface area contributed by atoms with E-state index in [1.807, 2.05) is 22.7 Å². The molecule has 0 saturated heterocycles. The molecule has 132 valence electrons. The number of imidazole rings is 1. The van der Waals surface area contributed by atoms with E-state index in [0.29, 0.717) is 6.54 Å². The number of para-hydroxylation sites is 1. The predicted octanol–water partition coefficient (Wildman–Crippen LogP) is 2.31. The van der Waals surface area contributed by atoms with Crippen molar-refractivity contribution in [3.63, 3.8) is 0 Å². The van der Waals surface area contributed by atoms with E-state index in [0.717, 1.165) is 11.9 Å². The molecule has 0 radical (unpaired) electrons. The Hall–Kier alpha value is -2.06. The second-order valence-corrected chi connectivity index (χ2v) is 5.61. The molecule has 1 N–H and O–H groups in total. The highest BCUT2D eigenvalue weighted by atomic mass is 19.4. The largest absolute Gasteiger partial charge is 0.490 e. The number of likely N-dealkylation sites (N-methyl/N-ethyl adjacent to an activating group) is 1. The average molecular weight is 343 g/mol. The number of hydrogen-bond acceptors (Lipinski definition) is 4. The molecule has 0 spiro atoms. The standard InChI is InChI=1S/C16H20F3N3O2/c1-21(10-15-20-7-8-22(15)2)9-12(23)11-24-14-6-4-3-5-13(14)16(17,18)19/h3-8,12,23H,9-11H2,1-2H3/t12-/m1/s1. The van der Waals surface area contributed by atoms with Crippen molar-refractivity contribution < 1.29 is 23.0 Å². The minimum Gasteiger partial charge on any atom is -0.490 e. The number of nitrogens with zero attached hydrogens (tertiary/aromatic N) is 3. The lowest BCUT2D eigenvalue weighted by atomic mass is 10.2. The number of rotatable bonds is 7. The number of hydrogen-bond donors (Lipinski definition) is 1. The number of aliphatic hydroxyl groups is 1. The van der Waals surface area contributed by atoms with Gasteiger partial charge in [-0.05, 0) is 19.2 Å². The fraction of sp³-hybridized carbons (Fsp3) is 0.438. The van der Waals surface area contributed by atoms with Gasteiger partial charge in [0.1, 0.15) is 24.3 Å². The van der Waals surface area contributed by atoms with Crippen LogP contribution in [0.4, 0.5) is 13.2 Å². The Morgan fingerprint density at radius 3 is 2.67 bits per heavy atom. The first-order valence-corrected chi connectivity index (χ1v) is 7.39. The van der Waals surface area contributed by atoms with Crippen molar-refractivity contribution in [3.8, 4) is 5.75 Å². The fourth-order valence-electron chi connectivity index (χ4n) is 2.28. The molecule has 8 heteroatoms. The molecule has 2 aromatic rings. The molecule has 5 nitrogen and oxygen atoms in total. The number of alkyl halides is 3. The van der Waals surface area contributed by atoms with Gasteiger partial charge in [0.25, 0.3) is 0 Å². The predicted molar refractivity (Wildman–Crippen MR) is 82.5 cm³/mol. The zero-order valence-electron chi connectivity index (χ0n) is 13.5. The van der Waals surface area contributed by atoms with Gasteiger partial charge in [-0.25, -0.2) is 4.98 Å². The maximum atomic E-state index is 12.9. The third-order valence-corrected chi connectivity index (χ3v) is 3.48. The number of aliphatic hydroxyl groups excluding tert-OH is 1. The summed E-state index contributed by atoms with van der Waals surface area (Å²) >= 11 is 0. The topological polar surface area (TPSA) is 50.5 Å². The summed E-state index contributed by atoms with van der Waals surface area (Å²) in [7, 11) is 3.66. The Kier molecular flexibility index (Phi) is 5.84. The Bertz CT molecular complexity index is 658. The normalized spacial score (nSPS) is 13.3. The highest BCUT2D eigenvalue weighted by Gasteiger charge is 2.34. The van der Waals surface area contributed by atoms with Crippen molar-refractivity contribution in [2.75, 3.05) is 20.2 Å². The molecule has 24 heavy (non-hydrogen) atoms. The maximum absolute atomic E-state index is 12.9. The lowest BCUT2D eigenvalue weighted by Gasteiger charge is -2.21. The number of aromatic nitrogens is 2. The summed E-state index contributed by atoms with van der Waals surface area (Å²) in [4.78, 5) is 6.00. The first-order chi connectivity index (χ1) is 11.3. The highest BCUT2D eigenvalue weighted by molar-refractivity contribution is 5.35. The van der Waals surface area contributed by atoms with Crippen LogP contribution in [-0.2, 0) is 19.8 Å². The van der Waals surface area contributed by atoms with E-state index in [1.165, 1.54) is 18.2 Å². The fourth-order valence-corrected chi connectivity index (χ4v) is 2.28. The molecule has 0 fully saturated rings. The van der Waals surface area contributed by atoms with Crippen LogP contribution >= 0.6 is 0 Å². The Balaban J connectivity index is 1.87. The zero-order valence-corrected chi connectivity index (χ0v) is 13.5. The van der Waals surface area contributed by atoms with Gasteiger partial charge in [-0.2, -0.15) is 13.2 Å². The van der Waals surface area contributed by atoms with E-state index >= 15 is 0 Å². The first-order valence-electron chi connectivity index (χ1n) is 7.39. The van der Waals surface area contributed by atoms with Crippen molar-refractivity contribution in [2.24, 2.45) is 7.05 Å². The zero-order chi connectivity index (χ0) is 17.7. The Morgan fingerprint density at radius 2 is 2.04 bits per heavy atom. The lowest BCUT2D eigenvalue weighted by molar-refractivity contribution is -0.139. The van der Waals surface area contributed by atoms with E-state index in [2.05, 4.69) is 4.98 Å². The van der Waals surface area contributed by atoms with Gasteiger partial charge in [0.05, 0.1) is 12.1 Å². The molecule has 1 heterocycles. The van der Waals surface area contributed by atoms with Crippen LogP contribution in [0.1, 0.15) is 11.4 Å². The molecular formula is C16H20F3N3O2. The van der Waals surface area contributed by atoms with E-state index in [-0.39, 0.29) is 18.9 Å². The average Bonchev–Trinajstić information content (AvgIpc) is 2.89. The van der Waals surface area contributed by atoms with Crippen molar-refractivity contribution in [1.82, 2.24) is 14.5 Å². The summed E-state index contributed by atoms with van der Waals surface area (Å²) in [5.41, 5.74) is -0.849. The van der Waals surface area contributed by atoms with Crippen LogP contribution in [0.2, 0.25) is 0 Å². The van der Waals surface area contributed by atoms with Crippen molar-refractivity contribution in [3.05, 3.63) is 48.0 Å². The van der Waals surface area contributed by atoms with Gasteiger partial charge in [0.15, 0.2) is 0 Å². The molecule has 0 bridgehead atoms. The van der Waals surface area contributed by atoms with Gasteiger partial charge >= 0.3 is 6.18 Å². The maximum Gasteiger partial charge on any atom is 0.419 e. The molecule has 0 aliphatic carbocycles. The van der Waals surface area contributed by atoms with Gasteiger partial charge in [-0.3, -0.25) is 4.90 Å². The summed E-state index contributed by atoms with van der Waals surface area (Å²) in [6.07, 6.45) is -1.92. The summed E-state index contributed by atoms with van der Waals surface area (Å²) in [6.45, 7) is 0.540. The summed E-state index contributed by atoms with van der Waals surface area (Å²) < 4.78 is 45.6. The van der Waals surface area contributed by atoms with Gasteiger partial charge in [-0.1, -0.05) is 12.1 Å². The number of halogens is 3. The third-order valence-electron chi connectivity index (χ3n) is 3.48. The summed E-state index contributed by atoms with van der Waals surface area (Å²) in [5.74, 6) is 0.545. The smallest absolute Gasteiger partial charge is 0.419 e. The monoisotopic (exact) mass is 343 g/mol. The van der Waals surface area contributed by atoms with E-state index in [4.69, 9.17) is 4.74 Å². The second-order valence-electron chi connectivity index (χ2n) is 5.61. The van der Waals surface area contributed by atoms with Gasteiger partial charge < -0.3 is 14.4 Å². The SMILES string of the molecule is CN(Cc1nccn1C)C[C@@H](O)COc1ccccc1C(F)(F)F. The van der Waals surface area contributed by atoms with Gasteiger partial charge in [0, 0.05) is 26.0 Å². The van der Waals surface area contributed by atoms with E-state index in [9.17, 15) is 18.3 Å². The molecule has 1 atom stereocenters. The minimum atomic E-state index is -4.49. The minimum absolute atomic E-state index is 0.224. The van der Waals surface area contributed by atoms with Gasteiger partial charge in [0.2, 0.25) is 0 Å². The first kappa shape index (κ1) is 18.3. The molecule has 0 amide bonds. The number of benzene rings is 1. The Labute approximate surface area is 138 Å². The number of ether oxygens (including phenoxy) is 1. The molecule has 0 saturated carbocycles. The molecule has 1 aromatic carbocycles. The van der Waals surface area contributed by atoms with Crippen LogP contribution < -0.4 is 4.74 Å². The molecule has 0 unspecified atom stereocenters. The van der Waals surface area contributed by atoms with E-state index in [1.54, 1.807) is 13.2 Å². The Morgan fingerprint density at radius 1 is 1.33 bits per heavy atom. The van der Waals surface area contributed by atoms with Crippen LogP contribution in [0.25, 0.3) is 0 Å². The highest BCUT2D eigenvalue weighted by Crippen LogP contribution is 2.35. The van der Waals surface area contributed by atoms with Crippen LogP contribution in [0.5, 0.6) is 5.75 Å². The van der Waals surface area contributed by atoms with Crippen molar-refractivity contribution in [1.29, 1.82) is 0 Å². The molecule has 2 rings (SSSR count). The summed E-state index contributed by atoms with van der Waals surface area (Å²) in [6, 6.07) is 4.96. The molecule has 1 aromatic heterocycles. The summed E-state index contributed by atoms with van der Waals surface area (Å²) in [5, 5.41) is 10.00. The van der Waals surface area contributed by atoms with Crippen LogP contribution in [0.15, 0.2) is 36.7 Å². The van der Waals surface area contributed by atoms with Crippen molar-refractivity contribution >= 4 is 0 Å². The molecule has 0 aliphatic heterocycles. The van der Waals surface area contributed by atoms with E-state index < -0.39 is 17.8 Å². The van der Waals surface area contributed by atoms with Crippen LogP contribution in [0.3, 0.4) is 0 Å². The van der Waals surface area contributed by atoms with Crippen molar-refractivity contribution in [2.45, 2.75) is 18.8 Å². The third kappa shape index (κ3) is 4.97. The molecule has 0 aliphatic rings. The van der Waals surface area contributed by atoms with Gasteiger partial charge in [-0.15, -0.1) is 0 Å². The van der Waals surface area contributed by atoms with Crippen LogP contribution in [-0.4, -0.2) is 45.9 Å². The second kappa shape index (κ2) is 7.67.